The normalized spacial score (nSPS) is 12.4. The largest absolute Gasteiger partial charge is 0.497 e. The van der Waals surface area contributed by atoms with Crippen molar-refractivity contribution < 1.29 is 9.53 Å². The molecule has 30 heavy (non-hydrogen) atoms. The van der Waals surface area contributed by atoms with Gasteiger partial charge >= 0.3 is 0 Å². The highest BCUT2D eigenvalue weighted by Crippen LogP contribution is 2.22. The quantitative estimate of drug-likeness (QED) is 0.516. The number of hydrogen-bond acceptors (Lipinski definition) is 4. The molecule has 2 rings (SSSR count). The average Bonchev–Trinajstić information content (AvgIpc) is 2.75. The van der Waals surface area contributed by atoms with E-state index in [9.17, 15) is 4.79 Å². The summed E-state index contributed by atoms with van der Waals surface area (Å²) in [5.74, 6) is 1.57. The number of ether oxygens (including phenoxy) is 1. The van der Waals surface area contributed by atoms with E-state index in [1.807, 2.05) is 36.4 Å². The molecule has 0 fully saturated rings. The van der Waals surface area contributed by atoms with Crippen molar-refractivity contribution in [3.05, 3.63) is 65.2 Å². The third kappa shape index (κ3) is 6.49. The molecule has 0 aromatic heterocycles. The van der Waals surface area contributed by atoms with Gasteiger partial charge < -0.3 is 25.2 Å². The summed E-state index contributed by atoms with van der Waals surface area (Å²) in [6, 6.07) is 15.9. The Kier molecular flexibility index (Phi) is 8.68. The van der Waals surface area contributed by atoms with E-state index < -0.39 is 0 Å². The van der Waals surface area contributed by atoms with Gasteiger partial charge in [0.15, 0.2) is 5.96 Å². The molecule has 0 bridgehead atoms. The molecule has 0 saturated carbocycles. The van der Waals surface area contributed by atoms with E-state index in [-0.39, 0.29) is 11.9 Å². The molecule has 0 heterocycles. The Morgan fingerprint density at radius 3 is 2.33 bits per heavy atom. The third-order valence-electron chi connectivity index (χ3n) is 4.86. The van der Waals surface area contributed by atoms with Crippen LogP contribution in [0.15, 0.2) is 53.5 Å². The van der Waals surface area contributed by atoms with Crippen LogP contribution in [0.1, 0.15) is 27.5 Å². The summed E-state index contributed by atoms with van der Waals surface area (Å²) in [7, 11) is 11.0. The Labute approximate surface area is 179 Å². The lowest BCUT2D eigenvalue weighted by molar-refractivity contribution is 0.0827. The number of amides is 1. The van der Waals surface area contributed by atoms with Gasteiger partial charge in [-0.3, -0.25) is 9.79 Å². The zero-order chi connectivity index (χ0) is 22.1. The first-order chi connectivity index (χ1) is 14.3. The first kappa shape index (κ1) is 23.2. The van der Waals surface area contributed by atoms with E-state index in [1.165, 1.54) is 5.56 Å². The van der Waals surface area contributed by atoms with Gasteiger partial charge in [-0.2, -0.15) is 0 Å². The first-order valence-electron chi connectivity index (χ1n) is 9.91. The molecule has 1 amide bonds. The van der Waals surface area contributed by atoms with E-state index >= 15 is 0 Å². The highest BCUT2D eigenvalue weighted by atomic mass is 16.5. The van der Waals surface area contributed by atoms with E-state index in [2.05, 4.69) is 46.8 Å². The summed E-state index contributed by atoms with van der Waals surface area (Å²) in [6.07, 6.45) is 0. The number of aliphatic imine (C=N–C) groups is 1. The molecule has 0 aliphatic rings. The van der Waals surface area contributed by atoms with Gasteiger partial charge in [0.25, 0.3) is 5.91 Å². The van der Waals surface area contributed by atoms with Gasteiger partial charge in [-0.05, 0) is 49.5 Å². The Bertz CT molecular complexity index is 847. The zero-order valence-corrected chi connectivity index (χ0v) is 18.8. The SMILES string of the molecule is CN=C(NCc1ccc(C(=O)N(C)C)cc1)NCC(c1cccc(OC)c1)N(C)C. The summed E-state index contributed by atoms with van der Waals surface area (Å²) in [5.41, 5.74) is 2.92. The minimum Gasteiger partial charge on any atom is -0.497 e. The van der Waals surface area contributed by atoms with Crippen molar-refractivity contribution in [2.75, 3.05) is 48.9 Å². The number of rotatable bonds is 8. The fourth-order valence-electron chi connectivity index (χ4n) is 3.07. The molecule has 0 saturated heterocycles. The molecular weight excluding hydrogens is 378 g/mol. The molecule has 0 aliphatic carbocycles. The van der Waals surface area contributed by atoms with Crippen molar-refractivity contribution in [1.82, 2.24) is 20.4 Å². The Hall–Kier alpha value is -3.06. The second-order valence-electron chi connectivity index (χ2n) is 7.46. The van der Waals surface area contributed by atoms with E-state index in [4.69, 9.17) is 4.74 Å². The number of carbonyl (C=O) groups excluding carboxylic acids is 1. The molecule has 2 aromatic carbocycles. The molecule has 2 N–H and O–H groups in total. The standard InChI is InChI=1S/C23H33N5O2/c1-24-23(25-15-17-10-12-18(13-11-17)22(29)28(4)5)26-16-21(27(2)3)19-8-7-9-20(14-19)30-6/h7-14,21H,15-16H2,1-6H3,(H2,24,25,26). The van der Waals surface area contributed by atoms with E-state index in [0.29, 0.717) is 18.7 Å². The molecular formula is C23H33N5O2. The number of likely N-dealkylation sites (N-methyl/N-ethyl adjacent to an activating group) is 1. The number of nitrogens with one attached hydrogen (secondary N) is 2. The second kappa shape index (κ2) is 11.2. The summed E-state index contributed by atoms with van der Waals surface area (Å²) in [5, 5.41) is 6.72. The van der Waals surface area contributed by atoms with Crippen LogP contribution in [-0.2, 0) is 6.54 Å². The van der Waals surface area contributed by atoms with Gasteiger partial charge in [-0.25, -0.2) is 0 Å². The van der Waals surface area contributed by atoms with E-state index in [1.54, 1.807) is 33.2 Å². The predicted molar refractivity (Wildman–Crippen MR) is 122 cm³/mol. The number of guanidine groups is 1. The van der Waals surface area contributed by atoms with Crippen molar-refractivity contribution in [2.24, 2.45) is 4.99 Å². The maximum atomic E-state index is 12.0. The van der Waals surface area contributed by atoms with Gasteiger partial charge in [-0.15, -0.1) is 0 Å². The minimum atomic E-state index is -0.000690. The smallest absolute Gasteiger partial charge is 0.253 e. The second-order valence-corrected chi connectivity index (χ2v) is 7.46. The highest BCUT2D eigenvalue weighted by Gasteiger charge is 2.15. The molecule has 0 spiro atoms. The van der Waals surface area contributed by atoms with Crippen LogP contribution >= 0.6 is 0 Å². The number of benzene rings is 2. The van der Waals surface area contributed by atoms with Crippen LogP contribution < -0.4 is 15.4 Å². The van der Waals surface area contributed by atoms with Gasteiger partial charge in [-0.1, -0.05) is 24.3 Å². The average molecular weight is 412 g/mol. The number of carbonyl (C=O) groups is 1. The van der Waals surface area contributed by atoms with Crippen LogP contribution in [0.25, 0.3) is 0 Å². The van der Waals surface area contributed by atoms with Crippen LogP contribution in [0.2, 0.25) is 0 Å². The lowest BCUT2D eigenvalue weighted by Crippen LogP contribution is -2.41. The zero-order valence-electron chi connectivity index (χ0n) is 18.8. The fraction of sp³-hybridized carbons (Fsp3) is 0.391. The molecule has 2 aromatic rings. The molecule has 7 heteroatoms. The maximum absolute atomic E-state index is 12.0. The van der Waals surface area contributed by atoms with Crippen molar-refractivity contribution >= 4 is 11.9 Å². The maximum Gasteiger partial charge on any atom is 0.253 e. The van der Waals surface area contributed by atoms with Crippen LogP contribution in [0.4, 0.5) is 0 Å². The predicted octanol–water partition coefficient (Wildman–Crippen LogP) is 2.36. The summed E-state index contributed by atoms with van der Waals surface area (Å²) < 4.78 is 5.36. The van der Waals surface area contributed by atoms with Crippen molar-refractivity contribution in [1.29, 1.82) is 0 Å². The van der Waals surface area contributed by atoms with Crippen molar-refractivity contribution in [3.63, 3.8) is 0 Å². The number of nitrogens with zero attached hydrogens (tertiary/aromatic N) is 3. The fourth-order valence-corrected chi connectivity index (χ4v) is 3.07. The third-order valence-corrected chi connectivity index (χ3v) is 4.86. The van der Waals surface area contributed by atoms with Crippen LogP contribution in [0, 0.1) is 0 Å². The van der Waals surface area contributed by atoms with Gasteiger partial charge in [0.1, 0.15) is 5.75 Å². The van der Waals surface area contributed by atoms with Gasteiger partial charge in [0, 0.05) is 39.8 Å². The van der Waals surface area contributed by atoms with Crippen molar-refractivity contribution in [3.8, 4) is 5.75 Å². The molecule has 0 aliphatic heterocycles. The highest BCUT2D eigenvalue weighted by molar-refractivity contribution is 5.93. The molecule has 162 valence electrons. The lowest BCUT2D eigenvalue weighted by atomic mass is 10.1. The van der Waals surface area contributed by atoms with Crippen molar-refractivity contribution in [2.45, 2.75) is 12.6 Å². The van der Waals surface area contributed by atoms with E-state index in [0.717, 1.165) is 17.3 Å². The Balaban J connectivity index is 1.95. The lowest BCUT2D eigenvalue weighted by Gasteiger charge is -2.26. The molecule has 0 radical (unpaired) electrons. The number of hydrogen-bond donors (Lipinski definition) is 2. The summed E-state index contributed by atoms with van der Waals surface area (Å²) >= 11 is 0. The minimum absolute atomic E-state index is 0.000690. The molecule has 1 unspecified atom stereocenters. The molecule has 7 nitrogen and oxygen atoms in total. The summed E-state index contributed by atoms with van der Waals surface area (Å²) in [6.45, 7) is 1.30. The van der Waals surface area contributed by atoms with Crippen LogP contribution in [-0.4, -0.2) is 70.6 Å². The van der Waals surface area contributed by atoms with Gasteiger partial charge in [0.05, 0.1) is 13.2 Å². The Morgan fingerprint density at radius 2 is 1.77 bits per heavy atom. The Morgan fingerprint density at radius 1 is 1.07 bits per heavy atom. The van der Waals surface area contributed by atoms with Crippen LogP contribution in [0.5, 0.6) is 5.75 Å². The molecule has 1 atom stereocenters. The number of methoxy groups -OCH3 is 1. The monoisotopic (exact) mass is 411 g/mol. The van der Waals surface area contributed by atoms with Crippen LogP contribution in [0.3, 0.4) is 0 Å². The van der Waals surface area contributed by atoms with Gasteiger partial charge in [0.2, 0.25) is 0 Å². The first-order valence-corrected chi connectivity index (χ1v) is 9.91. The topological polar surface area (TPSA) is 69.2 Å². The summed E-state index contributed by atoms with van der Waals surface area (Å²) in [4.78, 5) is 20.1.